The van der Waals surface area contributed by atoms with Crippen LogP contribution in [0.5, 0.6) is 0 Å². The van der Waals surface area contributed by atoms with Crippen molar-refractivity contribution in [3.8, 4) is 0 Å². The summed E-state index contributed by atoms with van der Waals surface area (Å²) in [6.07, 6.45) is -3.52. The summed E-state index contributed by atoms with van der Waals surface area (Å²) in [6.45, 7) is 0. The number of benzene rings is 1. The molecule has 1 amide bonds. The van der Waals surface area contributed by atoms with Gasteiger partial charge in [-0.25, -0.2) is 0 Å². The zero-order valence-corrected chi connectivity index (χ0v) is 14.1. The molecular formula is C18H21F3N2O3. The van der Waals surface area contributed by atoms with E-state index in [0.29, 0.717) is 12.8 Å². The Hall–Kier alpha value is -1.93. The number of carbonyl (C=O) groups is 1. The van der Waals surface area contributed by atoms with Crippen LogP contribution in [0.4, 0.5) is 13.2 Å². The first kappa shape index (κ1) is 18.8. The van der Waals surface area contributed by atoms with Crippen molar-refractivity contribution in [2.45, 2.75) is 56.5 Å². The number of hydrogen-bond donors (Lipinski definition) is 2. The normalized spacial score (nSPS) is 25.9. The molecule has 26 heavy (non-hydrogen) atoms. The number of hydrogen-bond acceptors (Lipinski definition) is 4. The number of rotatable bonds is 3. The van der Waals surface area contributed by atoms with Crippen molar-refractivity contribution in [1.82, 2.24) is 5.01 Å². The average Bonchev–Trinajstić information content (AvgIpc) is 3.01. The molecule has 2 N–H and O–H groups in total. The molecule has 0 spiro atoms. The summed E-state index contributed by atoms with van der Waals surface area (Å²) < 4.78 is 40.7. The second-order valence-corrected chi connectivity index (χ2v) is 6.88. The third-order valence-electron chi connectivity index (χ3n) is 5.09. The minimum Gasteiger partial charge on any atom is -0.378 e. The van der Waals surface area contributed by atoms with Crippen molar-refractivity contribution in [3.63, 3.8) is 0 Å². The zero-order valence-electron chi connectivity index (χ0n) is 14.1. The smallest absolute Gasteiger partial charge is 0.378 e. The molecule has 1 heterocycles. The Morgan fingerprint density at radius 1 is 1.19 bits per heavy atom. The highest BCUT2D eigenvalue weighted by atomic mass is 19.4. The highest BCUT2D eigenvalue weighted by molar-refractivity contribution is 5.93. The molecule has 1 fully saturated rings. The van der Waals surface area contributed by atoms with Gasteiger partial charge in [0.05, 0.1) is 0 Å². The molecule has 3 rings (SSSR count). The summed E-state index contributed by atoms with van der Waals surface area (Å²) >= 11 is 0. The molecule has 0 radical (unpaired) electrons. The number of amides is 1. The van der Waals surface area contributed by atoms with Crippen molar-refractivity contribution in [3.05, 3.63) is 35.9 Å². The third kappa shape index (κ3) is 3.35. The van der Waals surface area contributed by atoms with Gasteiger partial charge in [-0.3, -0.25) is 4.79 Å². The van der Waals surface area contributed by atoms with Crippen molar-refractivity contribution < 1.29 is 28.2 Å². The van der Waals surface area contributed by atoms with Gasteiger partial charge in [-0.05, 0) is 24.3 Å². The lowest BCUT2D eigenvalue weighted by atomic mass is 9.83. The number of aliphatic hydroxyl groups excluding tert-OH is 1. The molecule has 1 aliphatic heterocycles. The van der Waals surface area contributed by atoms with Gasteiger partial charge in [-0.1, -0.05) is 49.6 Å². The van der Waals surface area contributed by atoms with Crippen LogP contribution in [0.25, 0.3) is 0 Å². The van der Waals surface area contributed by atoms with Crippen LogP contribution in [0.15, 0.2) is 35.4 Å². The van der Waals surface area contributed by atoms with Crippen molar-refractivity contribution in [1.29, 1.82) is 0 Å². The van der Waals surface area contributed by atoms with E-state index in [9.17, 15) is 28.2 Å². The zero-order chi connectivity index (χ0) is 18.9. The molecule has 0 aromatic heterocycles. The van der Waals surface area contributed by atoms with Gasteiger partial charge in [0.25, 0.3) is 11.6 Å². The summed E-state index contributed by atoms with van der Waals surface area (Å²) in [5.74, 6) is -1.47. The van der Waals surface area contributed by atoms with Gasteiger partial charge in [-0.2, -0.15) is 23.3 Å². The molecular weight excluding hydrogens is 349 g/mol. The quantitative estimate of drug-likeness (QED) is 0.859. The fraction of sp³-hybridized carbons (Fsp3) is 0.556. The molecule has 1 aromatic carbocycles. The Morgan fingerprint density at radius 3 is 2.38 bits per heavy atom. The average molecular weight is 370 g/mol. The lowest BCUT2D eigenvalue weighted by Gasteiger charge is -2.33. The van der Waals surface area contributed by atoms with E-state index in [1.54, 1.807) is 18.2 Å². The first-order valence-corrected chi connectivity index (χ1v) is 8.67. The van der Waals surface area contributed by atoms with Gasteiger partial charge in [0, 0.05) is 12.1 Å². The molecule has 0 unspecified atom stereocenters. The Morgan fingerprint density at radius 2 is 1.81 bits per heavy atom. The maximum Gasteiger partial charge on any atom is 0.438 e. The predicted molar refractivity (Wildman–Crippen MR) is 87.9 cm³/mol. The topological polar surface area (TPSA) is 73.1 Å². The lowest BCUT2D eigenvalue weighted by molar-refractivity contribution is -0.303. The summed E-state index contributed by atoms with van der Waals surface area (Å²) in [5, 5.41) is 24.4. The largest absolute Gasteiger partial charge is 0.438 e. The first-order chi connectivity index (χ1) is 12.2. The van der Waals surface area contributed by atoms with Gasteiger partial charge in [0.1, 0.15) is 0 Å². The van der Waals surface area contributed by atoms with E-state index in [0.717, 1.165) is 19.3 Å². The molecule has 1 aromatic rings. The summed E-state index contributed by atoms with van der Waals surface area (Å²) in [6, 6.07) is 7.63. The number of halogens is 3. The Bertz CT molecular complexity index is 687. The molecule has 1 aliphatic carbocycles. The summed E-state index contributed by atoms with van der Waals surface area (Å²) in [7, 11) is 0. The Balaban J connectivity index is 1.91. The molecule has 8 heteroatoms. The standard InChI is InChI=1S/C18H21F3N2O3/c19-18(20,21)17(26)11-14(12-7-3-1-4-8-12)22-23(17)16(25)15(24)13-9-5-2-6-10-13/h2,5-6,9-10,12,15,24,26H,1,3-4,7-8,11H2/t15-,17-/m1/s1. The SMILES string of the molecule is O=C([C@H](O)c1ccccc1)N1N=C(C2CCCCC2)C[C@@]1(O)C(F)(F)F. The number of carbonyl (C=O) groups excluding carboxylic acids is 1. The van der Waals surface area contributed by atoms with Crippen LogP contribution < -0.4 is 0 Å². The number of nitrogens with zero attached hydrogens (tertiary/aromatic N) is 2. The van der Waals surface area contributed by atoms with Crippen LogP contribution in [0.2, 0.25) is 0 Å². The van der Waals surface area contributed by atoms with Gasteiger partial charge in [0.15, 0.2) is 6.10 Å². The third-order valence-corrected chi connectivity index (χ3v) is 5.09. The van der Waals surface area contributed by atoms with E-state index in [1.807, 2.05) is 0 Å². The van der Waals surface area contributed by atoms with Crippen molar-refractivity contribution in [2.75, 3.05) is 0 Å². The highest BCUT2D eigenvalue weighted by Gasteiger charge is 2.64. The molecule has 5 nitrogen and oxygen atoms in total. The van der Waals surface area contributed by atoms with Crippen LogP contribution in [-0.4, -0.2) is 38.7 Å². The van der Waals surface area contributed by atoms with E-state index in [4.69, 9.17) is 0 Å². The van der Waals surface area contributed by atoms with Gasteiger partial charge < -0.3 is 10.2 Å². The molecule has 2 atom stereocenters. The van der Waals surface area contributed by atoms with Crippen LogP contribution in [-0.2, 0) is 4.79 Å². The maximum absolute atomic E-state index is 13.6. The molecule has 2 aliphatic rings. The number of hydrazone groups is 1. The van der Waals surface area contributed by atoms with E-state index in [-0.39, 0.29) is 22.2 Å². The van der Waals surface area contributed by atoms with E-state index in [1.165, 1.54) is 12.1 Å². The number of alkyl halides is 3. The van der Waals surface area contributed by atoms with Crippen molar-refractivity contribution >= 4 is 11.6 Å². The van der Waals surface area contributed by atoms with Crippen LogP contribution >= 0.6 is 0 Å². The minimum absolute atomic E-state index is 0.0363. The summed E-state index contributed by atoms with van der Waals surface area (Å²) in [4.78, 5) is 12.5. The second kappa shape index (κ2) is 7.00. The Labute approximate surface area is 149 Å². The van der Waals surface area contributed by atoms with E-state index in [2.05, 4.69) is 5.10 Å². The molecule has 142 valence electrons. The molecule has 0 saturated heterocycles. The van der Waals surface area contributed by atoms with E-state index < -0.39 is 30.3 Å². The summed E-state index contributed by atoms with van der Waals surface area (Å²) in [5.41, 5.74) is -3.10. The fourth-order valence-electron chi connectivity index (χ4n) is 3.58. The Kier molecular flexibility index (Phi) is 5.07. The van der Waals surface area contributed by atoms with Gasteiger partial charge in [0.2, 0.25) is 0 Å². The van der Waals surface area contributed by atoms with Gasteiger partial charge in [-0.15, -0.1) is 0 Å². The maximum atomic E-state index is 13.6. The van der Waals surface area contributed by atoms with Crippen molar-refractivity contribution in [2.24, 2.45) is 11.0 Å². The predicted octanol–water partition coefficient (Wildman–Crippen LogP) is 3.14. The van der Waals surface area contributed by atoms with E-state index >= 15 is 0 Å². The fourth-order valence-corrected chi connectivity index (χ4v) is 3.58. The van der Waals surface area contributed by atoms with Gasteiger partial charge >= 0.3 is 6.18 Å². The number of aliphatic hydroxyl groups is 2. The van der Waals surface area contributed by atoms with Crippen LogP contribution in [0, 0.1) is 5.92 Å². The lowest BCUT2D eigenvalue weighted by Crippen LogP contribution is -2.57. The first-order valence-electron chi connectivity index (χ1n) is 8.67. The monoisotopic (exact) mass is 370 g/mol. The molecule has 0 bridgehead atoms. The highest BCUT2D eigenvalue weighted by Crippen LogP contribution is 2.44. The minimum atomic E-state index is -5.08. The molecule has 1 saturated carbocycles. The van der Waals surface area contributed by atoms with Crippen LogP contribution in [0.3, 0.4) is 0 Å². The van der Waals surface area contributed by atoms with Crippen LogP contribution in [0.1, 0.15) is 50.2 Å². The second-order valence-electron chi connectivity index (χ2n) is 6.88.